The first-order chi connectivity index (χ1) is 12.0. The Morgan fingerprint density at radius 2 is 1.96 bits per heavy atom. The Bertz CT molecular complexity index is 777. The average Bonchev–Trinajstić information content (AvgIpc) is 2.60. The zero-order valence-corrected chi connectivity index (χ0v) is 15.9. The van der Waals surface area contributed by atoms with E-state index < -0.39 is 4.92 Å². The molecule has 0 bridgehead atoms. The standard InChI is InChI=1S/C17H17IN2O5/c1-3-8-25-16-14(18)9-11(10-15(16)24-2)17(21)19-12-4-6-13(7-5-12)20(22)23/h4-7,9-10H,3,8H2,1-2H3,(H,19,21). The minimum absolute atomic E-state index is 0.0355. The number of anilines is 1. The molecule has 0 aliphatic carbocycles. The average molecular weight is 456 g/mol. The number of nitro benzene ring substituents is 1. The molecular weight excluding hydrogens is 439 g/mol. The molecular formula is C17H17IN2O5. The number of rotatable bonds is 7. The van der Waals surface area contributed by atoms with Crippen molar-refractivity contribution in [2.24, 2.45) is 0 Å². The summed E-state index contributed by atoms with van der Waals surface area (Å²) >= 11 is 2.09. The first-order valence-corrected chi connectivity index (χ1v) is 8.60. The van der Waals surface area contributed by atoms with Crippen molar-refractivity contribution in [2.45, 2.75) is 13.3 Å². The molecule has 0 aliphatic rings. The topological polar surface area (TPSA) is 90.7 Å². The van der Waals surface area contributed by atoms with Crippen molar-refractivity contribution in [2.75, 3.05) is 19.0 Å². The van der Waals surface area contributed by atoms with E-state index in [1.54, 1.807) is 12.1 Å². The summed E-state index contributed by atoms with van der Waals surface area (Å²) in [5, 5.41) is 13.4. The van der Waals surface area contributed by atoms with Gasteiger partial charge in [0.25, 0.3) is 11.6 Å². The number of benzene rings is 2. The van der Waals surface area contributed by atoms with Crippen LogP contribution in [0, 0.1) is 13.7 Å². The molecule has 0 spiro atoms. The lowest BCUT2D eigenvalue weighted by Crippen LogP contribution is -2.13. The van der Waals surface area contributed by atoms with Gasteiger partial charge in [0.05, 0.1) is 22.2 Å². The SMILES string of the molecule is CCCOc1c(I)cc(C(=O)Nc2ccc([N+](=O)[O-])cc2)cc1OC. The van der Waals surface area contributed by atoms with Crippen LogP contribution in [0.1, 0.15) is 23.7 Å². The quantitative estimate of drug-likeness (QED) is 0.382. The maximum absolute atomic E-state index is 12.4. The number of nitro groups is 1. The highest BCUT2D eigenvalue weighted by atomic mass is 127. The molecule has 2 rings (SSSR count). The Morgan fingerprint density at radius 1 is 1.28 bits per heavy atom. The lowest BCUT2D eigenvalue weighted by molar-refractivity contribution is -0.384. The molecule has 132 valence electrons. The summed E-state index contributed by atoms with van der Waals surface area (Å²) in [6, 6.07) is 8.94. The van der Waals surface area contributed by atoms with Gasteiger partial charge in [-0.2, -0.15) is 0 Å². The van der Waals surface area contributed by atoms with E-state index in [2.05, 4.69) is 27.9 Å². The van der Waals surface area contributed by atoms with Crippen LogP contribution in [0.2, 0.25) is 0 Å². The van der Waals surface area contributed by atoms with Gasteiger partial charge in [0.15, 0.2) is 11.5 Å². The molecule has 0 aliphatic heterocycles. The fourth-order valence-corrected chi connectivity index (χ4v) is 2.82. The van der Waals surface area contributed by atoms with Gasteiger partial charge in [-0.1, -0.05) is 6.92 Å². The van der Waals surface area contributed by atoms with E-state index in [4.69, 9.17) is 9.47 Å². The monoisotopic (exact) mass is 456 g/mol. The second-order valence-corrected chi connectivity index (χ2v) is 6.26. The summed E-state index contributed by atoms with van der Waals surface area (Å²) in [6.07, 6.45) is 0.863. The van der Waals surface area contributed by atoms with Gasteiger partial charge >= 0.3 is 0 Å². The second kappa shape index (κ2) is 8.65. The molecule has 0 fully saturated rings. The van der Waals surface area contributed by atoms with Gasteiger partial charge < -0.3 is 14.8 Å². The molecule has 2 aromatic carbocycles. The number of hydrogen-bond acceptors (Lipinski definition) is 5. The van der Waals surface area contributed by atoms with Crippen LogP contribution in [0.3, 0.4) is 0 Å². The van der Waals surface area contributed by atoms with E-state index in [0.29, 0.717) is 29.4 Å². The highest BCUT2D eigenvalue weighted by Crippen LogP contribution is 2.34. The van der Waals surface area contributed by atoms with Crippen LogP contribution >= 0.6 is 22.6 Å². The smallest absolute Gasteiger partial charge is 0.269 e. The van der Waals surface area contributed by atoms with Crippen molar-refractivity contribution >= 4 is 39.9 Å². The molecule has 0 saturated heterocycles. The highest BCUT2D eigenvalue weighted by molar-refractivity contribution is 14.1. The Morgan fingerprint density at radius 3 is 2.52 bits per heavy atom. The van der Waals surface area contributed by atoms with Crippen molar-refractivity contribution in [3.63, 3.8) is 0 Å². The molecule has 0 unspecified atom stereocenters. The zero-order chi connectivity index (χ0) is 18.4. The lowest BCUT2D eigenvalue weighted by Gasteiger charge is -2.14. The molecule has 8 heteroatoms. The van der Waals surface area contributed by atoms with E-state index in [1.807, 2.05) is 6.92 Å². The minimum Gasteiger partial charge on any atom is -0.493 e. The largest absolute Gasteiger partial charge is 0.493 e. The number of carbonyl (C=O) groups is 1. The molecule has 1 amide bonds. The summed E-state index contributed by atoms with van der Waals surface area (Å²) in [5.74, 6) is 0.748. The molecule has 0 saturated carbocycles. The third-order valence-corrected chi connectivity index (χ3v) is 4.08. The van der Waals surface area contributed by atoms with Gasteiger partial charge in [0.2, 0.25) is 0 Å². The van der Waals surface area contributed by atoms with Crippen LogP contribution in [0.4, 0.5) is 11.4 Å². The molecule has 0 heterocycles. The molecule has 0 aromatic heterocycles. The molecule has 7 nitrogen and oxygen atoms in total. The molecule has 25 heavy (non-hydrogen) atoms. The van der Waals surface area contributed by atoms with Gasteiger partial charge in [-0.25, -0.2) is 0 Å². The highest BCUT2D eigenvalue weighted by Gasteiger charge is 2.16. The maximum atomic E-state index is 12.4. The van der Waals surface area contributed by atoms with Gasteiger partial charge in [0, 0.05) is 23.4 Å². The molecule has 2 aromatic rings. The lowest BCUT2D eigenvalue weighted by atomic mass is 10.1. The van der Waals surface area contributed by atoms with Crippen molar-refractivity contribution in [1.82, 2.24) is 0 Å². The predicted molar refractivity (Wildman–Crippen MR) is 103 cm³/mol. The van der Waals surface area contributed by atoms with Crippen LogP contribution in [-0.4, -0.2) is 24.5 Å². The summed E-state index contributed by atoms with van der Waals surface area (Å²) in [5.41, 5.74) is 0.839. The predicted octanol–water partition coefficient (Wildman–Crippen LogP) is 4.25. The first-order valence-electron chi connectivity index (χ1n) is 7.52. The van der Waals surface area contributed by atoms with Crippen molar-refractivity contribution in [3.8, 4) is 11.5 Å². The number of non-ortho nitro benzene ring substituents is 1. The third-order valence-electron chi connectivity index (χ3n) is 3.28. The fraction of sp³-hybridized carbons (Fsp3) is 0.235. The minimum atomic E-state index is -0.492. The van der Waals surface area contributed by atoms with E-state index in [0.717, 1.165) is 9.99 Å². The molecule has 1 N–H and O–H groups in total. The van der Waals surface area contributed by atoms with Crippen LogP contribution in [0.5, 0.6) is 11.5 Å². The van der Waals surface area contributed by atoms with Gasteiger partial charge in [-0.05, 0) is 53.3 Å². The number of nitrogens with zero attached hydrogens (tertiary/aromatic N) is 1. The van der Waals surface area contributed by atoms with Crippen molar-refractivity contribution in [3.05, 3.63) is 55.6 Å². The van der Waals surface area contributed by atoms with Gasteiger partial charge in [-0.15, -0.1) is 0 Å². The fourth-order valence-electron chi connectivity index (χ4n) is 2.06. The number of ether oxygens (including phenoxy) is 2. The summed E-state index contributed by atoms with van der Waals surface area (Å²) in [4.78, 5) is 22.6. The Labute approximate surface area is 158 Å². The maximum Gasteiger partial charge on any atom is 0.269 e. The van der Waals surface area contributed by atoms with Crippen LogP contribution in [0.15, 0.2) is 36.4 Å². The van der Waals surface area contributed by atoms with E-state index in [1.165, 1.54) is 31.4 Å². The number of amides is 1. The summed E-state index contributed by atoms with van der Waals surface area (Å²) < 4.78 is 11.8. The van der Waals surface area contributed by atoms with Crippen molar-refractivity contribution < 1.29 is 19.2 Å². The van der Waals surface area contributed by atoms with Crippen molar-refractivity contribution in [1.29, 1.82) is 0 Å². The Hall–Kier alpha value is -2.36. The number of methoxy groups -OCH3 is 1. The van der Waals surface area contributed by atoms with Gasteiger partial charge in [-0.3, -0.25) is 14.9 Å². The number of hydrogen-bond donors (Lipinski definition) is 1. The van der Waals surface area contributed by atoms with E-state index in [9.17, 15) is 14.9 Å². The molecule has 0 radical (unpaired) electrons. The van der Waals surface area contributed by atoms with Crippen LogP contribution in [0.25, 0.3) is 0 Å². The first kappa shape index (κ1) is 19.0. The summed E-state index contributed by atoms with van der Waals surface area (Å²) in [6.45, 7) is 2.56. The number of carbonyl (C=O) groups excluding carboxylic acids is 1. The van der Waals surface area contributed by atoms with E-state index >= 15 is 0 Å². The van der Waals surface area contributed by atoms with Crippen LogP contribution in [-0.2, 0) is 0 Å². The van der Waals surface area contributed by atoms with Crippen LogP contribution < -0.4 is 14.8 Å². The third kappa shape index (κ3) is 4.81. The Kier molecular flexibility index (Phi) is 6.57. The Balaban J connectivity index is 2.21. The zero-order valence-electron chi connectivity index (χ0n) is 13.7. The normalized spacial score (nSPS) is 10.2. The number of halogens is 1. The van der Waals surface area contributed by atoms with Gasteiger partial charge in [0.1, 0.15) is 0 Å². The number of nitrogens with one attached hydrogen (secondary N) is 1. The molecule has 0 atom stereocenters. The summed E-state index contributed by atoms with van der Waals surface area (Å²) in [7, 11) is 1.52. The second-order valence-electron chi connectivity index (χ2n) is 5.10. The van der Waals surface area contributed by atoms with E-state index in [-0.39, 0.29) is 11.6 Å².